The molecule has 0 aliphatic heterocycles. The number of hydrogen-bond donors (Lipinski definition) is 0. The van der Waals surface area contributed by atoms with Gasteiger partial charge in [-0.15, -0.1) is 0 Å². The average molecular weight is 122 g/mol. The summed E-state index contributed by atoms with van der Waals surface area (Å²) < 4.78 is 1.53. The van der Waals surface area contributed by atoms with Gasteiger partial charge in [0.05, 0.1) is 0 Å². The normalized spacial score (nSPS) is 9.56. The Kier molecular flexibility index (Phi) is 1.39. The summed E-state index contributed by atoms with van der Waals surface area (Å²) in [7, 11) is 1.73. The SMILES string of the molecule is Cc1[c]ccn(C)c1=O. The molecule has 1 aromatic heterocycles. The molecule has 0 spiro atoms. The summed E-state index contributed by atoms with van der Waals surface area (Å²) in [6, 6.07) is 4.54. The largest absolute Gasteiger partial charge is 0.318 e. The Morgan fingerprint density at radius 1 is 1.67 bits per heavy atom. The first-order chi connectivity index (χ1) is 4.22. The smallest absolute Gasteiger partial charge is 0.253 e. The number of aryl methyl sites for hydroxylation is 2. The van der Waals surface area contributed by atoms with Crippen molar-refractivity contribution in [3.8, 4) is 0 Å². The van der Waals surface area contributed by atoms with Crippen molar-refractivity contribution < 1.29 is 0 Å². The van der Waals surface area contributed by atoms with Crippen molar-refractivity contribution in [2.75, 3.05) is 0 Å². The second kappa shape index (κ2) is 2.05. The second-order valence-corrected chi connectivity index (χ2v) is 2.00. The zero-order chi connectivity index (χ0) is 6.85. The molecule has 0 fully saturated rings. The van der Waals surface area contributed by atoms with Gasteiger partial charge in [-0.2, -0.15) is 0 Å². The lowest BCUT2D eigenvalue weighted by atomic mass is 10.3. The van der Waals surface area contributed by atoms with Crippen molar-refractivity contribution in [2.45, 2.75) is 6.92 Å². The van der Waals surface area contributed by atoms with Crippen molar-refractivity contribution in [1.82, 2.24) is 4.57 Å². The van der Waals surface area contributed by atoms with Crippen LogP contribution in [0.5, 0.6) is 0 Å². The van der Waals surface area contributed by atoms with Crippen molar-refractivity contribution in [3.63, 3.8) is 0 Å². The first-order valence-corrected chi connectivity index (χ1v) is 2.76. The van der Waals surface area contributed by atoms with E-state index in [-0.39, 0.29) is 5.56 Å². The first-order valence-electron chi connectivity index (χ1n) is 2.76. The maximum absolute atomic E-state index is 10.9. The Morgan fingerprint density at radius 2 is 2.33 bits per heavy atom. The van der Waals surface area contributed by atoms with Crippen LogP contribution in [-0.4, -0.2) is 4.57 Å². The predicted molar refractivity (Wildman–Crippen MR) is 35.3 cm³/mol. The van der Waals surface area contributed by atoms with E-state index in [0.29, 0.717) is 5.56 Å². The highest BCUT2D eigenvalue weighted by atomic mass is 16.1. The van der Waals surface area contributed by atoms with Crippen LogP contribution < -0.4 is 5.56 Å². The second-order valence-electron chi connectivity index (χ2n) is 2.00. The lowest BCUT2D eigenvalue weighted by Gasteiger charge is -1.94. The van der Waals surface area contributed by atoms with E-state index in [4.69, 9.17) is 0 Å². The highest BCUT2D eigenvalue weighted by Crippen LogP contribution is 1.83. The minimum atomic E-state index is 0.0255. The molecular formula is C7H8NO. The molecule has 0 aromatic carbocycles. The summed E-state index contributed by atoms with van der Waals surface area (Å²) in [6.07, 6.45) is 1.69. The lowest BCUT2D eigenvalue weighted by molar-refractivity contribution is 0.847. The molecule has 0 aliphatic rings. The fraction of sp³-hybridized carbons (Fsp3) is 0.286. The van der Waals surface area contributed by atoms with Gasteiger partial charge in [0.2, 0.25) is 0 Å². The number of aromatic nitrogens is 1. The number of pyridine rings is 1. The summed E-state index contributed by atoms with van der Waals surface area (Å²) in [4.78, 5) is 10.9. The number of nitrogens with zero attached hydrogens (tertiary/aromatic N) is 1. The van der Waals surface area contributed by atoms with E-state index in [0.717, 1.165) is 0 Å². The zero-order valence-electron chi connectivity index (χ0n) is 5.51. The van der Waals surface area contributed by atoms with Gasteiger partial charge in [0.15, 0.2) is 0 Å². The van der Waals surface area contributed by atoms with Crippen molar-refractivity contribution in [3.05, 3.63) is 34.2 Å². The molecule has 0 saturated heterocycles. The van der Waals surface area contributed by atoms with Gasteiger partial charge in [0.1, 0.15) is 0 Å². The predicted octanol–water partition coefficient (Wildman–Crippen LogP) is 0.494. The minimum absolute atomic E-state index is 0.0255. The molecule has 0 aliphatic carbocycles. The molecule has 2 nitrogen and oxygen atoms in total. The van der Waals surface area contributed by atoms with E-state index in [9.17, 15) is 4.79 Å². The third-order valence-corrected chi connectivity index (χ3v) is 1.24. The van der Waals surface area contributed by atoms with Crippen LogP contribution in [0.4, 0.5) is 0 Å². The topological polar surface area (TPSA) is 22.0 Å². The summed E-state index contributed by atoms with van der Waals surface area (Å²) in [5.74, 6) is 0. The quantitative estimate of drug-likeness (QED) is 0.491. The Balaban J connectivity index is 3.43. The Labute approximate surface area is 53.8 Å². The summed E-state index contributed by atoms with van der Waals surface area (Å²) in [6.45, 7) is 1.75. The Morgan fingerprint density at radius 3 is 2.78 bits per heavy atom. The highest BCUT2D eigenvalue weighted by Gasteiger charge is 1.90. The maximum atomic E-state index is 10.9. The van der Waals surface area contributed by atoms with Gasteiger partial charge in [-0.25, -0.2) is 0 Å². The van der Waals surface area contributed by atoms with Crippen LogP contribution >= 0.6 is 0 Å². The van der Waals surface area contributed by atoms with Gasteiger partial charge in [-0.3, -0.25) is 4.79 Å². The van der Waals surface area contributed by atoms with E-state index in [1.165, 1.54) is 4.57 Å². The Bertz CT molecular complexity index is 239. The molecule has 2 heteroatoms. The van der Waals surface area contributed by atoms with Crippen LogP contribution in [0.15, 0.2) is 17.1 Å². The molecule has 0 saturated carbocycles. The standard InChI is InChI=1S/C7H8NO/c1-6-4-3-5-8(2)7(6)9/h3,5H,1-2H3. The molecule has 0 N–H and O–H groups in total. The van der Waals surface area contributed by atoms with E-state index < -0.39 is 0 Å². The summed E-state index contributed by atoms with van der Waals surface area (Å²) >= 11 is 0. The molecule has 0 unspecified atom stereocenters. The van der Waals surface area contributed by atoms with Gasteiger partial charge in [0.25, 0.3) is 5.56 Å². The van der Waals surface area contributed by atoms with Gasteiger partial charge in [0, 0.05) is 18.8 Å². The number of hydrogen-bond acceptors (Lipinski definition) is 1. The molecule has 0 amide bonds. The van der Waals surface area contributed by atoms with Crippen molar-refractivity contribution >= 4 is 0 Å². The van der Waals surface area contributed by atoms with E-state index >= 15 is 0 Å². The van der Waals surface area contributed by atoms with Gasteiger partial charge < -0.3 is 4.57 Å². The minimum Gasteiger partial charge on any atom is -0.318 e. The highest BCUT2D eigenvalue weighted by molar-refractivity contribution is 5.04. The molecule has 1 radical (unpaired) electrons. The van der Waals surface area contributed by atoms with E-state index in [2.05, 4.69) is 6.07 Å². The van der Waals surface area contributed by atoms with Crippen LogP contribution in [-0.2, 0) is 7.05 Å². The number of rotatable bonds is 0. The monoisotopic (exact) mass is 122 g/mol. The van der Waals surface area contributed by atoms with Gasteiger partial charge in [-0.1, -0.05) is 0 Å². The van der Waals surface area contributed by atoms with Crippen molar-refractivity contribution in [1.29, 1.82) is 0 Å². The molecular weight excluding hydrogens is 114 g/mol. The maximum Gasteiger partial charge on any atom is 0.253 e. The van der Waals surface area contributed by atoms with E-state index in [1.807, 2.05) is 0 Å². The van der Waals surface area contributed by atoms with Crippen LogP contribution in [0, 0.1) is 13.0 Å². The van der Waals surface area contributed by atoms with Crippen LogP contribution in [0.1, 0.15) is 5.56 Å². The van der Waals surface area contributed by atoms with Crippen LogP contribution in [0.3, 0.4) is 0 Å². The van der Waals surface area contributed by atoms with Crippen LogP contribution in [0.25, 0.3) is 0 Å². The fourth-order valence-electron chi connectivity index (χ4n) is 0.668. The average Bonchev–Trinajstić information content (AvgIpc) is 1.83. The lowest BCUT2D eigenvalue weighted by Crippen LogP contribution is -2.17. The molecule has 1 aromatic rings. The fourth-order valence-corrected chi connectivity index (χ4v) is 0.668. The third-order valence-electron chi connectivity index (χ3n) is 1.24. The van der Waals surface area contributed by atoms with Gasteiger partial charge in [-0.05, 0) is 19.1 Å². The molecule has 0 atom stereocenters. The summed E-state index contributed by atoms with van der Waals surface area (Å²) in [5, 5.41) is 0. The first kappa shape index (κ1) is 6.08. The molecule has 1 rings (SSSR count). The molecule has 1 heterocycles. The zero-order valence-corrected chi connectivity index (χ0v) is 5.51. The van der Waals surface area contributed by atoms with Crippen molar-refractivity contribution in [2.24, 2.45) is 7.05 Å². The third kappa shape index (κ3) is 1.02. The molecule has 0 bridgehead atoms. The van der Waals surface area contributed by atoms with Gasteiger partial charge >= 0.3 is 0 Å². The van der Waals surface area contributed by atoms with E-state index in [1.54, 1.807) is 26.2 Å². The summed E-state index contributed by atoms with van der Waals surface area (Å²) in [5.41, 5.74) is 0.692. The Hall–Kier alpha value is -1.05. The molecule has 9 heavy (non-hydrogen) atoms. The van der Waals surface area contributed by atoms with Crippen LogP contribution in [0.2, 0.25) is 0 Å². The molecule has 47 valence electrons.